The maximum absolute atomic E-state index is 5.88. The molecule has 4 atom stereocenters. The van der Waals surface area contributed by atoms with Crippen LogP contribution in [0.3, 0.4) is 0 Å². The van der Waals surface area contributed by atoms with Crippen LogP contribution < -0.4 is 4.74 Å². The SMILES string of the molecule is COc1ccc2c(c1)CCC1C2CCC2(C)C(=NOCCN3CCCCC3)CCC12. The second kappa shape index (κ2) is 8.53. The molecule has 164 valence electrons. The fraction of sp³-hybridized carbons (Fsp3) is 0.731. The monoisotopic (exact) mass is 410 g/mol. The van der Waals surface area contributed by atoms with Crippen molar-refractivity contribution < 1.29 is 9.57 Å². The van der Waals surface area contributed by atoms with Crippen LogP contribution in [-0.2, 0) is 11.3 Å². The molecule has 1 aliphatic heterocycles. The van der Waals surface area contributed by atoms with Crippen LogP contribution in [0.25, 0.3) is 0 Å². The number of likely N-dealkylation sites (tertiary alicyclic amines) is 1. The molecule has 0 amide bonds. The Morgan fingerprint density at radius 1 is 1.10 bits per heavy atom. The number of hydrogen-bond donors (Lipinski definition) is 0. The minimum absolute atomic E-state index is 0.246. The summed E-state index contributed by atoms with van der Waals surface area (Å²) in [6.07, 6.45) is 11.5. The number of rotatable bonds is 5. The van der Waals surface area contributed by atoms with Gasteiger partial charge in [0, 0.05) is 12.0 Å². The molecule has 0 aromatic heterocycles. The highest BCUT2D eigenvalue weighted by Crippen LogP contribution is 2.60. The third kappa shape index (κ3) is 3.66. The van der Waals surface area contributed by atoms with Crippen LogP contribution in [0.4, 0.5) is 0 Å². The molecule has 1 aromatic rings. The van der Waals surface area contributed by atoms with E-state index in [1.807, 2.05) is 0 Å². The number of methoxy groups -OCH3 is 1. The first-order valence-corrected chi connectivity index (χ1v) is 12.3. The standard InChI is InChI=1S/C26H38N2O2/c1-26-13-12-22-21-9-7-20(29-2)18-19(21)6-8-23(22)24(26)10-11-25(26)27-30-17-16-28-14-4-3-5-15-28/h7,9,18,22-24H,3-6,8,10-17H2,1-2H3. The van der Waals surface area contributed by atoms with Gasteiger partial charge in [-0.05, 0) is 105 Å². The van der Waals surface area contributed by atoms with Crippen molar-refractivity contribution in [2.75, 3.05) is 33.4 Å². The lowest BCUT2D eigenvalue weighted by molar-refractivity contribution is 0.0821. The maximum Gasteiger partial charge on any atom is 0.129 e. The first-order valence-electron chi connectivity index (χ1n) is 12.3. The van der Waals surface area contributed by atoms with E-state index in [1.165, 1.54) is 75.7 Å². The summed E-state index contributed by atoms with van der Waals surface area (Å²) in [4.78, 5) is 8.42. The van der Waals surface area contributed by atoms with Gasteiger partial charge in [0.25, 0.3) is 0 Å². The van der Waals surface area contributed by atoms with Gasteiger partial charge in [-0.1, -0.05) is 24.6 Å². The summed E-state index contributed by atoms with van der Waals surface area (Å²) in [5.41, 5.74) is 4.71. The second-order valence-electron chi connectivity index (χ2n) is 10.2. The number of hydrogen-bond acceptors (Lipinski definition) is 4. The van der Waals surface area contributed by atoms with Gasteiger partial charge in [-0.3, -0.25) is 4.90 Å². The lowest BCUT2D eigenvalue weighted by atomic mass is 9.55. The summed E-state index contributed by atoms with van der Waals surface area (Å²) in [6, 6.07) is 6.78. The summed E-state index contributed by atoms with van der Waals surface area (Å²) in [5, 5.41) is 4.74. The van der Waals surface area contributed by atoms with E-state index in [0.717, 1.165) is 43.1 Å². The van der Waals surface area contributed by atoms with Crippen molar-refractivity contribution in [3.05, 3.63) is 29.3 Å². The Labute approximate surface area is 182 Å². The third-order valence-corrected chi connectivity index (χ3v) is 8.80. The van der Waals surface area contributed by atoms with Crippen molar-refractivity contribution in [1.82, 2.24) is 4.90 Å². The molecule has 30 heavy (non-hydrogen) atoms. The van der Waals surface area contributed by atoms with Crippen LogP contribution >= 0.6 is 0 Å². The Bertz CT molecular complexity index is 785. The highest BCUT2D eigenvalue weighted by atomic mass is 16.6. The number of aryl methyl sites for hydroxylation is 1. The van der Waals surface area contributed by atoms with Gasteiger partial charge in [-0.25, -0.2) is 0 Å². The van der Waals surface area contributed by atoms with Gasteiger partial charge >= 0.3 is 0 Å². The van der Waals surface area contributed by atoms with Crippen LogP contribution in [0.2, 0.25) is 0 Å². The average molecular weight is 411 g/mol. The number of nitrogens with zero attached hydrogens (tertiary/aromatic N) is 2. The summed E-state index contributed by atoms with van der Waals surface area (Å²) in [5.74, 6) is 3.28. The molecule has 4 nitrogen and oxygen atoms in total. The van der Waals surface area contributed by atoms with Gasteiger partial charge in [-0.2, -0.15) is 0 Å². The lowest BCUT2D eigenvalue weighted by Gasteiger charge is -2.49. The summed E-state index contributed by atoms with van der Waals surface area (Å²) in [6.45, 7) is 6.72. The molecule has 0 spiro atoms. The van der Waals surface area contributed by atoms with Crippen molar-refractivity contribution in [1.29, 1.82) is 0 Å². The molecule has 3 fully saturated rings. The van der Waals surface area contributed by atoms with Crippen molar-refractivity contribution in [3.8, 4) is 5.75 Å². The first-order chi connectivity index (χ1) is 14.7. The quantitative estimate of drug-likeness (QED) is 0.481. The number of fused-ring (bicyclic) bond motifs is 5. The summed E-state index contributed by atoms with van der Waals surface area (Å²) >= 11 is 0. The molecule has 1 aromatic carbocycles. The largest absolute Gasteiger partial charge is 0.497 e. The number of benzene rings is 1. The van der Waals surface area contributed by atoms with E-state index < -0.39 is 0 Å². The maximum atomic E-state index is 5.88. The number of oxime groups is 1. The highest BCUT2D eigenvalue weighted by Gasteiger charge is 2.53. The zero-order valence-corrected chi connectivity index (χ0v) is 18.9. The van der Waals surface area contributed by atoms with E-state index in [0.29, 0.717) is 0 Å². The molecule has 4 unspecified atom stereocenters. The molecule has 4 heteroatoms. The van der Waals surface area contributed by atoms with Gasteiger partial charge in [0.15, 0.2) is 0 Å². The van der Waals surface area contributed by atoms with Crippen LogP contribution in [0.1, 0.15) is 75.3 Å². The Kier molecular flexibility index (Phi) is 5.79. The molecule has 0 N–H and O–H groups in total. The average Bonchev–Trinajstić information content (AvgIpc) is 3.13. The topological polar surface area (TPSA) is 34.1 Å². The number of ether oxygens (including phenoxy) is 1. The zero-order valence-electron chi connectivity index (χ0n) is 18.9. The molecule has 1 saturated heterocycles. The third-order valence-electron chi connectivity index (χ3n) is 8.80. The van der Waals surface area contributed by atoms with Crippen molar-refractivity contribution in [2.45, 2.75) is 70.6 Å². The Morgan fingerprint density at radius 2 is 1.97 bits per heavy atom. The molecule has 5 rings (SSSR count). The van der Waals surface area contributed by atoms with E-state index in [9.17, 15) is 0 Å². The van der Waals surface area contributed by atoms with Crippen molar-refractivity contribution >= 4 is 5.71 Å². The summed E-state index contributed by atoms with van der Waals surface area (Å²) in [7, 11) is 1.77. The number of piperidine rings is 1. The van der Waals surface area contributed by atoms with Gasteiger partial charge in [0.1, 0.15) is 12.4 Å². The Balaban J connectivity index is 1.24. The molecular weight excluding hydrogens is 372 g/mol. The zero-order chi connectivity index (χ0) is 20.6. The van der Waals surface area contributed by atoms with Crippen LogP contribution in [0, 0.1) is 17.3 Å². The van der Waals surface area contributed by atoms with Crippen LogP contribution in [0.15, 0.2) is 23.4 Å². The molecule has 0 bridgehead atoms. The predicted molar refractivity (Wildman–Crippen MR) is 121 cm³/mol. The van der Waals surface area contributed by atoms with E-state index in [1.54, 1.807) is 12.7 Å². The van der Waals surface area contributed by atoms with E-state index in [-0.39, 0.29) is 5.41 Å². The predicted octanol–water partition coefficient (Wildman–Crippen LogP) is 5.41. The van der Waals surface area contributed by atoms with Gasteiger partial charge < -0.3 is 9.57 Å². The first kappa shape index (κ1) is 20.4. The lowest BCUT2D eigenvalue weighted by Crippen LogP contribution is -2.42. The molecule has 4 aliphatic rings. The van der Waals surface area contributed by atoms with Crippen LogP contribution in [0.5, 0.6) is 5.75 Å². The molecule has 1 heterocycles. The highest BCUT2D eigenvalue weighted by molar-refractivity contribution is 5.92. The molecule has 2 saturated carbocycles. The van der Waals surface area contributed by atoms with Gasteiger partial charge in [0.2, 0.25) is 0 Å². The molecule has 0 radical (unpaired) electrons. The minimum atomic E-state index is 0.246. The molecular formula is C26H38N2O2. The summed E-state index contributed by atoms with van der Waals surface area (Å²) < 4.78 is 5.47. The van der Waals surface area contributed by atoms with E-state index in [2.05, 4.69) is 30.0 Å². The smallest absolute Gasteiger partial charge is 0.129 e. The van der Waals surface area contributed by atoms with Crippen molar-refractivity contribution in [3.63, 3.8) is 0 Å². The normalized spacial score (nSPS) is 34.9. The fourth-order valence-corrected chi connectivity index (χ4v) is 7.10. The molecule has 3 aliphatic carbocycles. The van der Waals surface area contributed by atoms with Gasteiger partial charge in [0.05, 0.1) is 12.8 Å². The van der Waals surface area contributed by atoms with E-state index >= 15 is 0 Å². The second-order valence-corrected chi connectivity index (χ2v) is 10.2. The van der Waals surface area contributed by atoms with Gasteiger partial charge in [-0.15, -0.1) is 0 Å². The minimum Gasteiger partial charge on any atom is -0.497 e. The Hall–Kier alpha value is -1.55. The van der Waals surface area contributed by atoms with Crippen LogP contribution in [-0.4, -0.2) is 44.0 Å². The fourth-order valence-electron chi connectivity index (χ4n) is 7.10. The van der Waals surface area contributed by atoms with Crippen molar-refractivity contribution in [2.24, 2.45) is 22.4 Å². The Morgan fingerprint density at radius 3 is 2.80 bits per heavy atom. The van der Waals surface area contributed by atoms with E-state index in [4.69, 9.17) is 14.7 Å².